The second kappa shape index (κ2) is 4.45. The van der Waals surface area contributed by atoms with E-state index in [1.54, 1.807) is 4.68 Å². The Labute approximate surface area is 118 Å². The second-order valence-electron chi connectivity index (χ2n) is 4.72. The smallest absolute Gasteiger partial charge is 0.375 e. The zero-order chi connectivity index (χ0) is 13.6. The standard InChI is InChI=1S/C13H12BrN3O2/c1-7-2-5-9(6-10(7)14)17-12(8-3-4-8)15-11(16-17)13(18)19/h2,5-6,8H,3-4H2,1H3,(H,18,19). The van der Waals surface area contributed by atoms with Gasteiger partial charge in [0, 0.05) is 10.4 Å². The van der Waals surface area contributed by atoms with Crippen molar-refractivity contribution in [3.63, 3.8) is 0 Å². The van der Waals surface area contributed by atoms with Crippen LogP contribution in [0.1, 0.15) is 40.8 Å². The summed E-state index contributed by atoms with van der Waals surface area (Å²) in [5.74, 6) is -0.153. The van der Waals surface area contributed by atoms with Crippen molar-refractivity contribution in [2.24, 2.45) is 0 Å². The number of hydrogen-bond acceptors (Lipinski definition) is 3. The van der Waals surface area contributed by atoms with Crippen molar-refractivity contribution in [2.45, 2.75) is 25.7 Å². The van der Waals surface area contributed by atoms with E-state index in [9.17, 15) is 4.79 Å². The minimum Gasteiger partial charge on any atom is -0.475 e. The molecule has 98 valence electrons. The van der Waals surface area contributed by atoms with Gasteiger partial charge in [0.15, 0.2) is 0 Å². The molecule has 0 aliphatic heterocycles. The van der Waals surface area contributed by atoms with Crippen molar-refractivity contribution in [3.8, 4) is 5.69 Å². The number of aryl methyl sites for hydroxylation is 1. The third-order valence-corrected chi connectivity index (χ3v) is 4.02. The van der Waals surface area contributed by atoms with Crippen LogP contribution in [0, 0.1) is 6.92 Å². The molecule has 6 heteroatoms. The normalized spacial score (nSPS) is 14.6. The summed E-state index contributed by atoms with van der Waals surface area (Å²) in [7, 11) is 0. The molecule has 0 radical (unpaired) electrons. The molecule has 1 aliphatic carbocycles. The highest BCUT2D eigenvalue weighted by molar-refractivity contribution is 9.10. The number of rotatable bonds is 3. The largest absolute Gasteiger partial charge is 0.475 e. The summed E-state index contributed by atoms with van der Waals surface area (Å²) in [5.41, 5.74) is 1.95. The van der Waals surface area contributed by atoms with Crippen LogP contribution in [0.2, 0.25) is 0 Å². The van der Waals surface area contributed by atoms with Gasteiger partial charge >= 0.3 is 5.97 Å². The minimum atomic E-state index is -1.09. The molecule has 0 bridgehead atoms. The molecule has 1 N–H and O–H groups in total. The Morgan fingerprint density at radius 3 is 2.79 bits per heavy atom. The van der Waals surface area contributed by atoms with Gasteiger partial charge in [0.25, 0.3) is 5.82 Å². The molecule has 0 spiro atoms. The van der Waals surface area contributed by atoms with Crippen LogP contribution in [0.25, 0.3) is 5.69 Å². The fraction of sp³-hybridized carbons (Fsp3) is 0.308. The van der Waals surface area contributed by atoms with Gasteiger partial charge in [-0.15, -0.1) is 5.10 Å². The van der Waals surface area contributed by atoms with Crippen molar-refractivity contribution < 1.29 is 9.90 Å². The van der Waals surface area contributed by atoms with E-state index in [4.69, 9.17) is 5.11 Å². The van der Waals surface area contributed by atoms with E-state index in [1.807, 2.05) is 25.1 Å². The van der Waals surface area contributed by atoms with Crippen molar-refractivity contribution in [1.29, 1.82) is 0 Å². The predicted octanol–water partition coefficient (Wildman–Crippen LogP) is 2.91. The fourth-order valence-corrected chi connectivity index (χ4v) is 2.29. The van der Waals surface area contributed by atoms with Crippen molar-refractivity contribution in [1.82, 2.24) is 14.8 Å². The summed E-state index contributed by atoms with van der Waals surface area (Å²) in [5, 5.41) is 13.1. The molecular weight excluding hydrogens is 310 g/mol. The van der Waals surface area contributed by atoms with Gasteiger partial charge in [-0.2, -0.15) is 0 Å². The highest BCUT2D eigenvalue weighted by Crippen LogP contribution is 2.40. The number of halogens is 1. The van der Waals surface area contributed by atoms with E-state index >= 15 is 0 Å². The molecule has 0 saturated heterocycles. The van der Waals surface area contributed by atoms with Crippen LogP contribution in [0.5, 0.6) is 0 Å². The van der Waals surface area contributed by atoms with Crippen LogP contribution in [-0.4, -0.2) is 25.8 Å². The Morgan fingerprint density at radius 1 is 1.47 bits per heavy atom. The SMILES string of the molecule is Cc1ccc(-n2nc(C(=O)O)nc2C2CC2)cc1Br. The van der Waals surface area contributed by atoms with Gasteiger partial charge in [0.05, 0.1) is 5.69 Å². The van der Waals surface area contributed by atoms with E-state index in [2.05, 4.69) is 26.0 Å². The van der Waals surface area contributed by atoms with Crippen molar-refractivity contribution in [2.75, 3.05) is 0 Å². The maximum absolute atomic E-state index is 11.0. The van der Waals surface area contributed by atoms with Crippen molar-refractivity contribution >= 4 is 21.9 Å². The number of aromatic carboxylic acids is 1. The van der Waals surface area contributed by atoms with Gasteiger partial charge in [0.2, 0.25) is 0 Å². The number of hydrogen-bond donors (Lipinski definition) is 1. The van der Waals surface area contributed by atoms with E-state index in [1.165, 1.54) is 0 Å². The van der Waals surface area contributed by atoms with E-state index in [0.29, 0.717) is 5.92 Å². The Bertz CT molecular complexity index is 662. The lowest BCUT2D eigenvalue weighted by Gasteiger charge is -2.06. The van der Waals surface area contributed by atoms with Crippen LogP contribution in [-0.2, 0) is 0 Å². The molecular formula is C13H12BrN3O2. The molecule has 19 heavy (non-hydrogen) atoms. The molecule has 1 saturated carbocycles. The Kier molecular flexibility index (Phi) is 2.89. The molecule has 5 nitrogen and oxygen atoms in total. The second-order valence-corrected chi connectivity index (χ2v) is 5.57. The maximum Gasteiger partial charge on any atom is 0.375 e. The zero-order valence-corrected chi connectivity index (χ0v) is 11.9. The lowest BCUT2D eigenvalue weighted by atomic mass is 10.2. The van der Waals surface area contributed by atoms with Crippen LogP contribution in [0.4, 0.5) is 0 Å². The summed E-state index contributed by atoms with van der Waals surface area (Å²) in [6.45, 7) is 2.00. The first kappa shape index (κ1) is 12.3. The summed E-state index contributed by atoms with van der Waals surface area (Å²) >= 11 is 3.48. The van der Waals surface area contributed by atoms with Gasteiger partial charge in [-0.1, -0.05) is 22.0 Å². The Hall–Kier alpha value is -1.69. The summed E-state index contributed by atoms with van der Waals surface area (Å²) in [6, 6.07) is 5.83. The molecule has 1 heterocycles. The molecule has 1 fully saturated rings. The predicted molar refractivity (Wildman–Crippen MR) is 72.7 cm³/mol. The molecule has 1 aromatic carbocycles. The number of carboxylic acids is 1. The number of aromatic nitrogens is 3. The van der Waals surface area contributed by atoms with E-state index in [-0.39, 0.29) is 5.82 Å². The minimum absolute atomic E-state index is 0.140. The fourth-order valence-electron chi connectivity index (χ4n) is 1.92. The van der Waals surface area contributed by atoms with Gasteiger partial charge in [-0.25, -0.2) is 14.5 Å². The first-order chi connectivity index (χ1) is 9.06. The Morgan fingerprint density at radius 2 is 2.21 bits per heavy atom. The number of nitrogens with zero attached hydrogens (tertiary/aromatic N) is 3. The lowest BCUT2D eigenvalue weighted by Crippen LogP contribution is -2.03. The van der Waals surface area contributed by atoms with Crippen LogP contribution in [0.3, 0.4) is 0 Å². The molecule has 2 aromatic rings. The highest BCUT2D eigenvalue weighted by Gasteiger charge is 2.31. The monoisotopic (exact) mass is 321 g/mol. The first-order valence-electron chi connectivity index (χ1n) is 6.03. The average molecular weight is 322 g/mol. The molecule has 1 aliphatic rings. The molecule has 1 aromatic heterocycles. The van der Waals surface area contributed by atoms with E-state index < -0.39 is 5.97 Å². The van der Waals surface area contributed by atoms with Crippen LogP contribution >= 0.6 is 15.9 Å². The van der Waals surface area contributed by atoms with Gasteiger partial charge in [-0.05, 0) is 37.5 Å². The first-order valence-corrected chi connectivity index (χ1v) is 6.82. The summed E-state index contributed by atoms with van der Waals surface area (Å²) in [6.07, 6.45) is 2.09. The molecule has 0 amide bonds. The molecule has 0 atom stereocenters. The van der Waals surface area contributed by atoms with E-state index in [0.717, 1.165) is 34.4 Å². The van der Waals surface area contributed by atoms with Gasteiger partial charge in [-0.3, -0.25) is 0 Å². The Balaban J connectivity index is 2.12. The topological polar surface area (TPSA) is 68.0 Å². The lowest BCUT2D eigenvalue weighted by molar-refractivity contribution is 0.0683. The number of carboxylic acid groups (broad SMARTS) is 1. The third kappa shape index (κ3) is 2.28. The molecule has 0 unspecified atom stereocenters. The van der Waals surface area contributed by atoms with Gasteiger partial charge in [0.1, 0.15) is 5.82 Å². The number of benzene rings is 1. The average Bonchev–Trinajstić information content (AvgIpc) is 3.11. The summed E-state index contributed by atoms with van der Waals surface area (Å²) in [4.78, 5) is 15.2. The highest BCUT2D eigenvalue weighted by atomic mass is 79.9. The molecule has 3 rings (SSSR count). The summed E-state index contributed by atoms with van der Waals surface area (Å²) < 4.78 is 2.62. The van der Waals surface area contributed by atoms with Crippen LogP contribution in [0.15, 0.2) is 22.7 Å². The maximum atomic E-state index is 11.0. The quantitative estimate of drug-likeness (QED) is 0.943. The van der Waals surface area contributed by atoms with Gasteiger partial charge < -0.3 is 5.11 Å². The third-order valence-electron chi connectivity index (χ3n) is 3.17. The zero-order valence-electron chi connectivity index (χ0n) is 10.3. The van der Waals surface area contributed by atoms with Crippen molar-refractivity contribution in [3.05, 3.63) is 39.9 Å². The number of carbonyl (C=O) groups is 1. The van der Waals surface area contributed by atoms with Crippen LogP contribution < -0.4 is 0 Å².